The van der Waals surface area contributed by atoms with Gasteiger partial charge in [-0.1, -0.05) is 13.8 Å². The lowest BCUT2D eigenvalue weighted by Gasteiger charge is -2.26. The topological polar surface area (TPSA) is 169 Å². The highest BCUT2D eigenvalue weighted by atomic mass is 16.8. The zero-order valence-electron chi connectivity index (χ0n) is 22.1. The van der Waals surface area contributed by atoms with E-state index in [1.807, 2.05) is 0 Å². The number of esters is 1. The average Bonchev–Trinajstić information content (AvgIpc) is 3.39. The summed E-state index contributed by atoms with van der Waals surface area (Å²) in [5, 5.41) is 2.92. The van der Waals surface area contributed by atoms with Gasteiger partial charge in [0.2, 0.25) is 5.95 Å². The number of aromatic nitrogens is 3. The molecule has 2 aromatic heterocycles. The number of ether oxygens (including phenoxy) is 5. The summed E-state index contributed by atoms with van der Waals surface area (Å²) in [7, 11) is 0. The highest BCUT2D eigenvalue weighted by Crippen LogP contribution is 2.43. The first-order valence-electron chi connectivity index (χ1n) is 12.2. The van der Waals surface area contributed by atoms with Crippen molar-refractivity contribution in [3.05, 3.63) is 22.6 Å². The van der Waals surface area contributed by atoms with E-state index in [2.05, 4.69) is 15.3 Å². The number of fused-ring (bicyclic) bond motifs is 2. The van der Waals surface area contributed by atoms with E-state index in [0.717, 1.165) is 0 Å². The van der Waals surface area contributed by atoms with Gasteiger partial charge in [-0.15, -0.1) is 0 Å². The SMILES string of the molecule is CC(C)[C@H](NC(=O)OC(C)(C)C)C(=O)OC[C@H]1O[C@@H](n2ccc3c(=O)[nH]c(N)nc32)C2OC(C)(C)O[C@@H]21. The van der Waals surface area contributed by atoms with Crippen LogP contribution < -0.4 is 16.6 Å². The van der Waals surface area contributed by atoms with Gasteiger partial charge in [-0.2, -0.15) is 4.98 Å². The van der Waals surface area contributed by atoms with Crippen molar-refractivity contribution < 1.29 is 33.3 Å². The minimum absolute atomic E-state index is 0.0291. The molecule has 2 fully saturated rings. The first-order valence-corrected chi connectivity index (χ1v) is 12.2. The Morgan fingerprint density at radius 2 is 1.95 bits per heavy atom. The summed E-state index contributed by atoms with van der Waals surface area (Å²) in [6, 6.07) is 0.690. The number of nitrogen functional groups attached to an aromatic ring is 1. The van der Waals surface area contributed by atoms with Gasteiger partial charge in [-0.25, -0.2) is 9.59 Å². The van der Waals surface area contributed by atoms with Gasteiger partial charge in [-0.3, -0.25) is 9.78 Å². The first-order chi connectivity index (χ1) is 17.1. The Kier molecular flexibility index (Phi) is 6.99. The third-order valence-corrected chi connectivity index (χ3v) is 5.98. The molecule has 0 aliphatic carbocycles. The van der Waals surface area contributed by atoms with Crippen molar-refractivity contribution in [2.45, 2.75) is 90.4 Å². The van der Waals surface area contributed by atoms with Crippen LogP contribution in [0.5, 0.6) is 0 Å². The second kappa shape index (κ2) is 9.62. The van der Waals surface area contributed by atoms with Crippen molar-refractivity contribution in [1.82, 2.24) is 19.9 Å². The number of nitrogens with two attached hydrogens (primary N) is 1. The van der Waals surface area contributed by atoms with Gasteiger partial charge in [0, 0.05) is 6.20 Å². The molecule has 2 aliphatic heterocycles. The van der Waals surface area contributed by atoms with Crippen LogP contribution in [0.1, 0.15) is 54.7 Å². The number of rotatable bonds is 6. The molecule has 4 N–H and O–H groups in total. The number of carbonyl (C=O) groups is 2. The second-order valence-corrected chi connectivity index (χ2v) is 11.0. The lowest BCUT2D eigenvalue weighted by Crippen LogP contribution is -2.48. The standard InChI is InChI=1S/C24H35N5O8/c1-11(2)14(26-22(32)37-23(3,4)5)20(31)33-10-13-15-16(36-24(6,7)35-15)19(34-13)29-9-8-12-17(29)27-21(25)28-18(12)30/h8-9,11,13-16,19H,10H2,1-7H3,(H,26,32)(H3,25,27,28,30)/t13-,14+,15-,16?,19-/m1/s1. The third kappa shape index (κ3) is 5.73. The summed E-state index contributed by atoms with van der Waals surface area (Å²) in [6.45, 7) is 12.2. The lowest BCUT2D eigenvalue weighted by molar-refractivity contribution is -0.202. The van der Waals surface area contributed by atoms with Gasteiger partial charge in [0.25, 0.3) is 5.56 Å². The van der Waals surface area contributed by atoms with Crippen LogP contribution in [0, 0.1) is 5.92 Å². The summed E-state index contributed by atoms with van der Waals surface area (Å²) in [6.07, 6.45) is -1.60. The van der Waals surface area contributed by atoms with Gasteiger partial charge >= 0.3 is 12.1 Å². The maximum Gasteiger partial charge on any atom is 0.408 e. The van der Waals surface area contributed by atoms with Crippen LogP contribution in [0.15, 0.2) is 17.1 Å². The van der Waals surface area contributed by atoms with E-state index >= 15 is 0 Å². The van der Waals surface area contributed by atoms with E-state index in [1.54, 1.807) is 65.3 Å². The Morgan fingerprint density at radius 1 is 1.27 bits per heavy atom. The molecule has 0 aromatic carbocycles. The molecule has 2 aliphatic rings. The van der Waals surface area contributed by atoms with E-state index < -0.39 is 54.0 Å². The van der Waals surface area contributed by atoms with Gasteiger partial charge in [0.1, 0.15) is 36.6 Å². The smallest absolute Gasteiger partial charge is 0.408 e. The molecule has 1 unspecified atom stereocenters. The molecule has 0 spiro atoms. The van der Waals surface area contributed by atoms with E-state index in [-0.39, 0.29) is 24.0 Å². The van der Waals surface area contributed by atoms with Gasteiger partial charge in [0.05, 0.1) is 5.39 Å². The first kappa shape index (κ1) is 26.9. The number of nitrogens with zero attached hydrogens (tertiary/aromatic N) is 2. The molecule has 13 heteroatoms. The summed E-state index contributed by atoms with van der Waals surface area (Å²) in [5.41, 5.74) is 5.00. The number of anilines is 1. The van der Waals surface area contributed by atoms with Crippen LogP contribution in [0.3, 0.4) is 0 Å². The van der Waals surface area contributed by atoms with Crippen LogP contribution in [0.2, 0.25) is 0 Å². The van der Waals surface area contributed by atoms with Crippen molar-refractivity contribution in [1.29, 1.82) is 0 Å². The van der Waals surface area contributed by atoms with Gasteiger partial charge in [0.15, 0.2) is 17.7 Å². The molecule has 37 heavy (non-hydrogen) atoms. The third-order valence-electron chi connectivity index (χ3n) is 5.98. The van der Waals surface area contributed by atoms with E-state index in [0.29, 0.717) is 11.0 Å². The van der Waals surface area contributed by atoms with Crippen LogP contribution in [-0.2, 0) is 28.5 Å². The van der Waals surface area contributed by atoms with Crippen LogP contribution in [0.25, 0.3) is 11.0 Å². The summed E-state index contributed by atoms with van der Waals surface area (Å²) in [4.78, 5) is 44.2. The summed E-state index contributed by atoms with van der Waals surface area (Å²) >= 11 is 0. The predicted molar refractivity (Wildman–Crippen MR) is 131 cm³/mol. The van der Waals surface area contributed by atoms with Crippen LogP contribution in [-0.4, -0.2) is 68.9 Å². The van der Waals surface area contributed by atoms with E-state index in [9.17, 15) is 14.4 Å². The highest BCUT2D eigenvalue weighted by molar-refractivity contribution is 5.81. The van der Waals surface area contributed by atoms with Crippen LogP contribution >= 0.6 is 0 Å². The molecule has 13 nitrogen and oxygen atoms in total. The van der Waals surface area contributed by atoms with Crippen molar-refractivity contribution >= 4 is 29.0 Å². The largest absolute Gasteiger partial charge is 0.461 e. The zero-order valence-corrected chi connectivity index (χ0v) is 22.1. The quantitative estimate of drug-likeness (QED) is 0.477. The Labute approximate surface area is 213 Å². The normalized spacial score (nSPS) is 25.7. The van der Waals surface area contributed by atoms with Gasteiger partial charge in [-0.05, 0) is 46.6 Å². The minimum Gasteiger partial charge on any atom is -0.461 e. The number of carbonyl (C=O) groups excluding carboxylic acids is 2. The summed E-state index contributed by atoms with van der Waals surface area (Å²) in [5.74, 6) is -1.82. The molecule has 0 bridgehead atoms. The molecule has 2 aromatic rings. The van der Waals surface area contributed by atoms with Crippen molar-refractivity contribution in [2.24, 2.45) is 5.92 Å². The molecule has 2 saturated heterocycles. The minimum atomic E-state index is -0.924. The number of alkyl carbamates (subject to hydrolysis) is 1. The number of H-pyrrole nitrogens is 1. The average molecular weight is 522 g/mol. The Morgan fingerprint density at radius 3 is 2.59 bits per heavy atom. The van der Waals surface area contributed by atoms with Crippen LogP contribution in [0.4, 0.5) is 10.7 Å². The molecular formula is C24H35N5O8. The zero-order chi connectivity index (χ0) is 27.3. The molecule has 4 rings (SSSR count). The fraction of sp³-hybridized carbons (Fsp3) is 0.667. The molecule has 0 radical (unpaired) electrons. The Balaban J connectivity index is 1.51. The number of amides is 1. The van der Waals surface area contributed by atoms with E-state index in [1.165, 1.54) is 0 Å². The van der Waals surface area contributed by atoms with Gasteiger partial charge < -0.3 is 39.3 Å². The second-order valence-electron chi connectivity index (χ2n) is 11.0. The fourth-order valence-electron chi connectivity index (χ4n) is 4.47. The molecule has 0 saturated carbocycles. The molecule has 5 atom stereocenters. The van der Waals surface area contributed by atoms with Crippen molar-refractivity contribution in [2.75, 3.05) is 12.3 Å². The predicted octanol–water partition coefficient (Wildman–Crippen LogP) is 1.82. The maximum atomic E-state index is 12.9. The van der Waals surface area contributed by atoms with Crippen molar-refractivity contribution in [3.63, 3.8) is 0 Å². The highest BCUT2D eigenvalue weighted by Gasteiger charge is 2.56. The maximum absolute atomic E-state index is 12.9. The Hall–Kier alpha value is -3.16. The monoisotopic (exact) mass is 521 g/mol. The number of nitrogens with one attached hydrogen (secondary N) is 2. The number of hydrogen-bond donors (Lipinski definition) is 3. The van der Waals surface area contributed by atoms with Crippen molar-refractivity contribution in [3.8, 4) is 0 Å². The van der Waals surface area contributed by atoms with E-state index in [4.69, 9.17) is 29.4 Å². The fourth-order valence-corrected chi connectivity index (χ4v) is 4.47. The number of aromatic amines is 1. The molecule has 1 amide bonds. The summed E-state index contributed by atoms with van der Waals surface area (Å²) < 4.78 is 30.9. The number of hydrogen-bond acceptors (Lipinski definition) is 10. The Bertz CT molecular complexity index is 1230. The lowest BCUT2D eigenvalue weighted by atomic mass is 10.1. The molecule has 204 valence electrons. The molecular weight excluding hydrogens is 486 g/mol. The molecule has 4 heterocycles.